The van der Waals surface area contributed by atoms with Crippen LogP contribution in [0.2, 0.25) is 0 Å². The Hall–Kier alpha value is -4.70. The van der Waals surface area contributed by atoms with Gasteiger partial charge in [-0.1, -0.05) is 97.1 Å². The largest absolute Gasteiger partial charge is 0.368 e. The first-order valence-corrected chi connectivity index (χ1v) is 12.0. The zero-order valence-corrected chi connectivity index (χ0v) is 19.6. The molecule has 0 aliphatic rings. The molecule has 0 unspecified atom stereocenters. The Morgan fingerprint density at radius 3 is 1.44 bits per heavy atom. The molecule has 6 aromatic carbocycles. The molecule has 0 radical (unpaired) electrons. The lowest BCUT2D eigenvalue weighted by Gasteiger charge is -2.20. The van der Waals surface area contributed by atoms with Gasteiger partial charge < -0.3 is 11.1 Å². The molecular formula is C32H24N2O2. The van der Waals surface area contributed by atoms with Crippen LogP contribution in [0.4, 0.5) is 0 Å². The van der Waals surface area contributed by atoms with Gasteiger partial charge in [0.2, 0.25) is 5.91 Å². The average Bonchev–Trinajstić information content (AvgIpc) is 2.90. The van der Waals surface area contributed by atoms with Gasteiger partial charge in [-0.2, -0.15) is 0 Å². The number of hydrogen-bond donors (Lipinski definition) is 2. The molecular weight excluding hydrogens is 444 g/mol. The van der Waals surface area contributed by atoms with Crippen molar-refractivity contribution in [1.82, 2.24) is 5.32 Å². The predicted octanol–water partition coefficient (Wildman–Crippen LogP) is 6.13. The fourth-order valence-electron chi connectivity index (χ4n) is 5.24. The zero-order chi connectivity index (χ0) is 24.6. The third kappa shape index (κ3) is 3.73. The highest BCUT2D eigenvalue weighted by atomic mass is 16.2. The first kappa shape index (κ1) is 21.8. The second-order valence-electron chi connectivity index (χ2n) is 9.12. The highest BCUT2D eigenvalue weighted by molar-refractivity contribution is 6.18. The molecule has 36 heavy (non-hydrogen) atoms. The van der Waals surface area contributed by atoms with Crippen LogP contribution in [-0.4, -0.2) is 17.9 Å². The number of carbonyl (C=O) groups is 2. The van der Waals surface area contributed by atoms with Crippen molar-refractivity contribution in [2.24, 2.45) is 5.73 Å². The van der Waals surface area contributed by atoms with Crippen molar-refractivity contribution in [3.8, 4) is 0 Å². The summed E-state index contributed by atoms with van der Waals surface area (Å²) in [4.78, 5) is 26.5. The van der Waals surface area contributed by atoms with Crippen molar-refractivity contribution in [3.63, 3.8) is 0 Å². The number of rotatable bonds is 5. The van der Waals surface area contributed by atoms with Crippen LogP contribution in [0.15, 0.2) is 109 Å². The summed E-state index contributed by atoms with van der Waals surface area (Å²) < 4.78 is 0. The van der Waals surface area contributed by atoms with E-state index in [0.29, 0.717) is 12.0 Å². The Kier molecular flexibility index (Phi) is 5.34. The monoisotopic (exact) mass is 468 g/mol. The minimum atomic E-state index is -0.871. The molecule has 0 heterocycles. The predicted molar refractivity (Wildman–Crippen MR) is 147 cm³/mol. The highest BCUT2D eigenvalue weighted by Crippen LogP contribution is 2.31. The zero-order valence-electron chi connectivity index (χ0n) is 19.6. The van der Waals surface area contributed by atoms with Gasteiger partial charge in [0.1, 0.15) is 6.04 Å². The number of amides is 2. The second kappa shape index (κ2) is 8.82. The lowest BCUT2D eigenvalue weighted by Crippen LogP contribution is -2.46. The van der Waals surface area contributed by atoms with Gasteiger partial charge in [-0.15, -0.1) is 0 Å². The minimum Gasteiger partial charge on any atom is -0.368 e. The maximum Gasteiger partial charge on any atom is 0.253 e. The number of benzene rings is 6. The molecule has 2 amide bonds. The summed E-state index contributed by atoms with van der Waals surface area (Å²) in [5.41, 5.74) is 7.42. The molecule has 0 saturated carbocycles. The highest BCUT2D eigenvalue weighted by Gasteiger charge is 2.24. The van der Waals surface area contributed by atoms with Gasteiger partial charge in [0.15, 0.2) is 0 Å². The first-order chi connectivity index (χ1) is 17.6. The van der Waals surface area contributed by atoms with Crippen molar-refractivity contribution in [2.45, 2.75) is 12.5 Å². The van der Waals surface area contributed by atoms with Crippen LogP contribution < -0.4 is 11.1 Å². The molecule has 174 valence electrons. The summed E-state index contributed by atoms with van der Waals surface area (Å²) in [5.74, 6) is -0.874. The molecule has 6 rings (SSSR count). The molecule has 0 aliphatic heterocycles. The molecule has 6 aromatic rings. The number of fused-ring (bicyclic) bond motifs is 4. The van der Waals surface area contributed by atoms with E-state index >= 15 is 0 Å². The fraction of sp³-hybridized carbons (Fsp3) is 0.0625. The molecule has 3 N–H and O–H groups in total. The van der Waals surface area contributed by atoms with Crippen LogP contribution in [0.25, 0.3) is 43.1 Å². The molecule has 1 atom stereocenters. The number of primary amides is 1. The molecule has 0 spiro atoms. The van der Waals surface area contributed by atoms with Crippen LogP contribution in [0.3, 0.4) is 0 Å². The average molecular weight is 469 g/mol. The smallest absolute Gasteiger partial charge is 0.253 e. The SMILES string of the molecule is NC(=O)[C@H](Cc1c2ccccc2cc2ccccc12)NC(=O)c1c2ccccc2cc2ccccc12. The van der Waals surface area contributed by atoms with Crippen LogP contribution >= 0.6 is 0 Å². The van der Waals surface area contributed by atoms with Gasteiger partial charge in [0.25, 0.3) is 5.91 Å². The minimum absolute atomic E-state index is 0.297. The molecule has 0 aliphatic carbocycles. The van der Waals surface area contributed by atoms with Crippen molar-refractivity contribution in [3.05, 3.63) is 120 Å². The van der Waals surface area contributed by atoms with E-state index in [1.165, 1.54) is 0 Å². The third-order valence-corrected chi connectivity index (χ3v) is 6.94. The van der Waals surface area contributed by atoms with Crippen molar-refractivity contribution < 1.29 is 9.59 Å². The molecule has 0 aromatic heterocycles. The Morgan fingerprint density at radius 2 is 1.00 bits per heavy atom. The Balaban J connectivity index is 1.46. The van der Waals surface area contributed by atoms with E-state index in [9.17, 15) is 9.59 Å². The molecule has 0 fully saturated rings. The molecule has 0 bridgehead atoms. The quantitative estimate of drug-likeness (QED) is 0.299. The van der Waals surface area contributed by atoms with E-state index in [0.717, 1.165) is 48.7 Å². The van der Waals surface area contributed by atoms with Gasteiger partial charge in [-0.25, -0.2) is 0 Å². The summed E-state index contributed by atoms with van der Waals surface area (Å²) in [7, 11) is 0. The van der Waals surface area contributed by atoms with Gasteiger partial charge in [0, 0.05) is 6.42 Å². The summed E-state index contributed by atoms with van der Waals surface area (Å²) in [5, 5.41) is 10.9. The van der Waals surface area contributed by atoms with Crippen LogP contribution in [0.1, 0.15) is 15.9 Å². The van der Waals surface area contributed by atoms with Gasteiger partial charge in [0.05, 0.1) is 5.56 Å². The molecule has 0 saturated heterocycles. The van der Waals surface area contributed by atoms with E-state index in [2.05, 4.69) is 41.7 Å². The topological polar surface area (TPSA) is 72.2 Å². The van der Waals surface area contributed by atoms with Gasteiger partial charge in [-0.3, -0.25) is 9.59 Å². The maximum atomic E-state index is 13.8. The lowest BCUT2D eigenvalue weighted by molar-refractivity contribution is -0.119. The summed E-state index contributed by atoms with van der Waals surface area (Å²) in [6.07, 6.45) is 0.297. The number of nitrogens with two attached hydrogens (primary N) is 1. The lowest BCUT2D eigenvalue weighted by atomic mass is 9.92. The van der Waals surface area contributed by atoms with Gasteiger partial charge in [-0.05, 0) is 60.8 Å². The van der Waals surface area contributed by atoms with E-state index < -0.39 is 11.9 Å². The van der Waals surface area contributed by atoms with Crippen molar-refractivity contribution in [1.29, 1.82) is 0 Å². The summed E-state index contributed by atoms with van der Waals surface area (Å²) >= 11 is 0. The van der Waals surface area contributed by atoms with Crippen LogP contribution in [-0.2, 0) is 11.2 Å². The summed E-state index contributed by atoms with van der Waals surface area (Å²) in [6, 6.07) is 35.2. The maximum absolute atomic E-state index is 13.8. The van der Waals surface area contributed by atoms with E-state index in [4.69, 9.17) is 5.73 Å². The standard InChI is InChI=1S/C32H24N2O2/c33-31(35)29(19-28-24-13-5-1-9-20(24)17-21-10-2-6-14-25(21)28)34-32(36)30-26-15-7-3-11-22(26)18-23-12-4-8-16-27(23)30/h1-18,29H,19H2,(H2,33,35)(H,34,36)/t29-/m0/s1. The normalized spacial score (nSPS) is 12.2. The Labute approximate surface area is 208 Å². The number of nitrogens with one attached hydrogen (secondary N) is 1. The van der Waals surface area contributed by atoms with Crippen molar-refractivity contribution in [2.75, 3.05) is 0 Å². The van der Waals surface area contributed by atoms with E-state index in [1.54, 1.807) is 0 Å². The number of carbonyl (C=O) groups excluding carboxylic acids is 2. The van der Waals surface area contributed by atoms with Crippen LogP contribution in [0.5, 0.6) is 0 Å². The second-order valence-corrected chi connectivity index (χ2v) is 9.12. The molecule has 4 heteroatoms. The van der Waals surface area contributed by atoms with Gasteiger partial charge >= 0.3 is 0 Å². The van der Waals surface area contributed by atoms with Crippen LogP contribution in [0, 0.1) is 0 Å². The Bertz CT molecular complexity index is 1700. The first-order valence-electron chi connectivity index (χ1n) is 12.0. The summed E-state index contributed by atoms with van der Waals surface area (Å²) in [6.45, 7) is 0. The third-order valence-electron chi connectivity index (χ3n) is 6.94. The number of hydrogen-bond acceptors (Lipinski definition) is 2. The Morgan fingerprint density at radius 1 is 0.611 bits per heavy atom. The van der Waals surface area contributed by atoms with E-state index in [-0.39, 0.29) is 5.91 Å². The molecule has 4 nitrogen and oxygen atoms in total. The van der Waals surface area contributed by atoms with Crippen molar-refractivity contribution >= 4 is 54.9 Å². The van der Waals surface area contributed by atoms with E-state index in [1.807, 2.05) is 72.8 Å². The fourth-order valence-corrected chi connectivity index (χ4v) is 5.24.